The number of cyclic esters (lactones) is 1. The molecule has 1 aliphatic rings. The van der Waals surface area contributed by atoms with Gasteiger partial charge in [0.25, 0.3) is 0 Å². The number of carbonyl (C=O) groups excluding carboxylic acids is 1. The Bertz CT molecular complexity index is 1000. The first-order valence-corrected chi connectivity index (χ1v) is 7.93. The van der Waals surface area contributed by atoms with Gasteiger partial charge in [0.15, 0.2) is 10.7 Å². The van der Waals surface area contributed by atoms with Crippen LogP contribution in [0.25, 0.3) is 11.0 Å². The lowest BCUT2D eigenvalue weighted by atomic mass is 10.2. The summed E-state index contributed by atoms with van der Waals surface area (Å²) in [6.07, 6.45) is 3.63. The Kier molecular flexibility index (Phi) is 2.99. The SMILES string of the molecule is Cc1cc(C2=N/C(=C/c3c(C)nc4sccn34)C(=O)O2)c(C)o1. The van der Waals surface area contributed by atoms with E-state index in [-0.39, 0.29) is 11.6 Å². The lowest BCUT2D eigenvalue weighted by Crippen LogP contribution is -2.05. The lowest BCUT2D eigenvalue weighted by Gasteiger charge is -1.95. The molecule has 0 aromatic carbocycles. The largest absolute Gasteiger partial charge is 0.466 e. The second kappa shape index (κ2) is 4.92. The third-order valence-corrected chi connectivity index (χ3v) is 4.40. The van der Waals surface area contributed by atoms with Crippen LogP contribution in [-0.2, 0) is 9.53 Å². The minimum absolute atomic E-state index is 0.259. The maximum absolute atomic E-state index is 12.1. The first-order chi connectivity index (χ1) is 11.0. The van der Waals surface area contributed by atoms with Crippen LogP contribution in [0.4, 0.5) is 0 Å². The predicted molar refractivity (Wildman–Crippen MR) is 86.6 cm³/mol. The molecule has 0 spiro atoms. The summed E-state index contributed by atoms with van der Waals surface area (Å²) in [5, 5.41) is 1.95. The Balaban J connectivity index is 1.79. The molecule has 23 heavy (non-hydrogen) atoms. The van der Waals surface area contributed by atoms with Gasteiger partial charge in [-0.3, -0.25) is 4.40 Å². The molecule has 7 heteroatoms. The van der Waals surface area contributed by atoms with E-state index in [4.69, 9.17) is 9.15 Å². The molecule has 4 heterocycles. The summed E-state index contributed by atoms with van der Waals surface area (Å²) in [5.41, 5.74) is 2.63. The average molecular weight is 327 g/mol. The van der Waals surface area contributed by atoms with Crippen molar-refractivity contribution >= 4 is 34.2 Å². The van der Waals surface area contributed by atoms with Crippen molar-refractivity contribution in [2.75, 3.05) is 0 Å². The molecule has 0 N–H and O–H groups in total. The van der Waals surface area contributed by atoms with Crippen LogP contribution in [0.15, 0.2) is 32.7 Å². The van der Waals surface area contributed by atoms with E-state index in [1.807, 2.05) is 42.8 Å². The fourth-order valence-corrected chi connectivity index (χ4v) is 3.35. The number of aromatic nitrogens is 2. The molecule has 0 saturated heterocycles. The molecule has 1 aliphatic heterocycles. The molecule has 4 rings (SSSR count). The predicted octanol–water partition coefficient (Wildman–Crippen LogP) is 3.26. The first-order valence-electron chi connectivity index (χ1n) is 7.05. The third-order valence-electron chi connectivity index (χ3n) is 3.65. The molecule has 0 saturated carbocycles. The zero-order chi connectivity index (χ0) is 16.1. The molecule has 0 unspecified atom stereocenters. The van der Waals surface area contributed by atoms with Gasteiger partial charge in [0, 0.05) is 11.6 Å². The summed E-state index contributed by atoms with van der Waals surface area (Å²) in [5.74, 6) is 1.23. The van der Waals surface area contributed by atoms with Crippen molar-refractivity contribution in [3.05, 3.63) is 51.8 Å². The molecule has 0 atom stereocenters. The molecule has 6 nitrogen and oxygen atoms in total. The van der Waals surface area contributed by atoms with Gasteiger partial charge in [-0.2, -0.15) is 0 Å². The quantitative estimate of drug-likeness (QED) is 0.535. The normalized spacial score (nSPS) is 16.4. The number of thiazole rings is 1. The molecular formula is C16H13N3O3S. The smallest absolute Gasteiger partial charge is 0.363 e. The maximum Gasteiger partial charge on any atom is 0.363 e. The maximum atomic E-state index is 12.1. The van der Waals surface area contributed by atoms with E-state index in [0.717, 1.165) is 22.1 Å². The van der Waals surface area contributed by atoms with Crippen LogP contribution < -0.4 is 0 Å². The number of imidazole rings is 1. The molecule has 0 fully saturated rings. The fraction of sp³-hybridized carbons (Fsp3) is 0.188. The second-order valence-corrected chi connectivity index (χ2v) is 6.17. The van der Waals surface area contributed by atoms with Gasteiger partial charge in [0.1, 0.15) is 11.5 Å². The van der Waals surface area contributed by atoms with Crippen molar-refractivity contribution in [3.8, 4) is 0 Å². The third kappa shape index (κ3) is 2.20. The number of aliphatic imine (C=N–C) groups is 1. The number of aryl methyl sites for hydroxylation is 3. The van der Waals surface area contributed by atoms with E-state index in [1.54, 1.807) is 17.4 Å². The number of hydrogen-bond acceptors (Lipinski definition) is 6. The van der Waals surface area contributed by atoms with Crippen LogP contribution in [0.1, 0.15) is 28.5 Å². The topological polar surface area (TPSA) is 69.1 Å². The number of furan rings is 1. The van der Waals surface area contributed by atoms with Gasteiger partial charge in [-0.1, -0.05) is 0 Å². The average Bonchev–Trinajstić information content (AvgIpc) is 3.20. The van der Waals surface area contributed by atoms with E-state index >= 15 is 0 Å². The number of fused-ring (bicyclic) bond motifs is 1. The van der Waals surface area contributed by atoms with Gasteiger partial charge >= 0.3 is 5.97 Å². The fourth-order valence-electron chi connectivity index (χ4n) is 2.58. The molecule has 0 radical (unpaired) electrons. The highest BCUT2D eigenvalue weighted by Crippen LogP contribution is 2.25. The molecule has 0 amide bonds. The monoisotopic (exact) mass is 327 g/mol. The Hall–Kier alpha value is -2.67. The number of ether oxygens (including phenoxy) is 1. The molecule has 3 aromatic rings. The summed E-state index contributed by atoms with van der Waals surface area (Å²) in [6, 6.07) is 1.81. The van der Waals surface area contributed by atoms with Crippen molar-refractivity contribution < 1.29 is 13.9 Å². The summed E-state index contributed by atoms with van der Waals surface area (Å²) < 4.78 is 12.7. The van der Waals surface area contributed by atoms with Crippen LogP contribution in [-0.4, -0.2) is 21.3 Å². The van der Waals surface area contributed by atoms with Gasteiger partial charge in [0.05, 0.1) is 17.0 Å². The summed E-state index contributed by atoms with van der Waals surface area (Å²) in [4.78, 5) is 21.8. The van der Waals surface area contributed by atoms with Gasteiger partial charge in [-0.15, -0.1) is 11.3 Å². The summed E-state index contributed by atoms with van der Waals surface area (Å²) in [7, 11) is 0. The van der Waals surface area contributed by atoms with Crippen LogP contribution >= 0.6 is 11.3 Å². The number of hydrogen-bond donors (Lipinski definition) is 0. The highest BCUT2D eigenvalue weighted by molar-refractivity contribution is 7.15. The molecule has 116 valence electrons. The zero-order valence-corrected chi connectivity index (χ0v) is 13.6. The van der Waals surface area contributed by atoms with E-state index in [9.17, 15) is 4.79 Å². The summed E-state index contributed by atoms with van der Waals surface area (Å²) in [6.45, 7) is 5.56. The van der Waals surface area contributed by atoms with E-state index in [1.165, 1.54) is 0 Å². The van der Waals surface area contributed by atoms with Crippen LogP contribution in [0.3, 0.4) is 0 Å². The van der Waals surface area contributed by atoms with Gasteiger partial charge in [-0.05, 0) is 32.9 Å². The molecule has 3 aromatic heterocycles. The molecule has 0 bridgehead atoms. The van der Waals surface area contributed by atoms with Crippen molar-refractivity contribution in [3.63, 3.8) is 0 Å². The van der Waals surface area contributed by atoms with Gasteiger partial charge in [-0.25, -0.2) is 14.8 Å². The van der Waals surface area contributed by atoms with Gasteiger partial charge < -0.3 is 9.15 Å². The zero-order valence-electron chi connectivity index (χ0n) is 12.8. The minimum Gasteiger partial charge on any atom is -0.466 e. The van der Waals surface area contributed by atoms with Gasteiger partial charge in [0.2, 0.25) is 5.90 Å². The van der Waals surface area contributed by atoms with E-state index in [2.05, 4.69) is 9.98 Å². The molecular weight excluding hydrogens is 314 g/mol. The Morgan fingerprint density at radius 1 is 1.30 bits per heavy atom. The second-order valence-electron chi connectivity index (χ2n) is 5.30. The van der Waals surface area contributed by atoms with Crippen molar-refractivity contribution in [2.45, 2.75) is 20.8 Å². The van der Waals surface area contributed by atoms with E-state index < -0.39 is 5.97 Å². The summed E-state index contributed by atoms with van der Waals surface area (Å²) >= 11 is 1.54. The number of rotatable bonds is 2. The van der Waals surface area contributed by atoms with Crippen LogP contribution in [0, 0.1) is 20.8 Å². The van der Waals surface area contributed by atoms with Crippen molar-refractivity contribution in [1.82, 2.24) is 9.38 Å². The Morgan fingerprint density at radius 3 is 2.87 bits per heavy atom. The highest BCUT2D eigenvalue weighted by atomic mass is 32.1. The van der Waals surface area contributed by atoms with Crippen molar-refractivity contribution in [1.29, 1.82) is 0 Å². The van der Waals surface area contributed by atoms with Crippen LogP contribution in [0.2, 0.25) is 0 Å². The first kappa shape index (κ1) is 14.0. The Labute approximate surface area is 135 Å². The van der Waals surface area contributed by atoms with E-state index in [0.29, 0.717) is 11.3 Å². The number of carbonyl (C=O) groups is 1. The van der Waals surface area contributed by atoms with Crippen LogP contribution in [0.5, 0.6) is 0 Å². The number of nitrogens with zero attached hydrogens (tertiary/aromatic N) is 3. The minimum atomic E-state index is -0.470. The Morgan fingerprint density at radius 2 is 2.13 bits per heavy atom. The standard InChI is InChI=1S/C16H13N3O3S/c1-8-6-11(10(3)21-8)14-18-12(15(20)22-14)7-13-9(2)17-16-19(13)4-5-23-16/h4-7H,1-3H3/b12-7+. The molecule has 0 aliphatic carbocycles. The highest BCUT2D eigenvalue weighted by Gasteiger charge is 2.27. The number of esters is 1. The lowest BCUT2D eigenvalue weighted by molar-refractivity contribution is -0.129. The van der Waals surface area contributed by atoms with Crippen molar-refractivity contribution in [2.24, 2.45) is 4.99 Å².